The molecular formula is C11H10BrNO2S2. The number of thiophene rings is 2. The van der Waals surface area contributed by atoms with E-state index in [1.54, 1.807) is 18.3 Å². The number of carbonyl (C=O) groups is 1. The summed E-state index contributed by atoms with van der Waals surface area (Å²) in [5.74, 6) is -0.351. The number of nitrogens with two attached hydrogens (primary N) is 1. The summed E-state index contributed by atoms with van der Waals surface area (Å²) < 4.78 is 6.00. The molecular weight excluding hydrogens is 322 g/mol. The van der Waals surface area contributed by atoms with Gasteiger partial charge >= 0.3 is 5.97 Å². The number of nitrogen functional groups attached to an aromatic ring is 1. The zero-order chi connectivity index (χ0) is 12.4. The molecule has 90 valence electrons. The third-order valence-corrected chi connectivity index (χ3v) is 4.76. The molecule has 0 bridgehead atoms. The lowest BCUT2D eigenvalue weighted by Gasteiger charge is -1.98. The lowest BCUT2D eigenvalue weighted by atomic mass is 10.2. The first-order chi connectivity index (χ1) is 8.11. The first-order valence-electron chi connectivity index (χ1n) is 4.92. The molecule has 0 unspecified atom stereocenters. The minimum atomic E-state index is -0.351. The first-order valence-corrected chi connectivity index (χ1v) is 7.41. The highest BCUT2D eigenvalue weighted by atomic mass is 79.9. The molecule has 0 aliphatic rings. The van der Waals surface area contributed by atoms with E-state index < -0.39 is 0 Å². The van der Waals surface area contributed by atoms with Gasteiger partial charge in [-0.2, -0.15) is 0 Å². The van der Waals surface area contributed by atoms with Crippen molar-refractivity contribution in [2.45, 2.75) is 6.92 Å². The van der Waals surface area contributed by atoms with Gasteiger partial charge in [-0.05, 0) is 35.0 Å². The molecule has 2 aromatic rings. The van der Waals surface area contributed by atoms with Crippen molar-refractivity contribution in [2.75, 3.05) is 12.3 Å². The van der Waals surface area contributed by atoms with Crippen molar-refractivity contribution in [3.63, 3.8) is 0 Å². The second-order valence-corrected chi connectivity index (χ2v) is 6.60. The number of halogens is 1. The average molecular weight is 332 g/mol. The summed E-state index contributed by atoms with van der Waals surface area (Å²) in [6.45, 7) is 2.13. The quantitative estimate of drug-likeness (QED) is 0.865. The van der Waals surface area contributed by atoms with E-state index in [0.717, 1.165) is 14.2 Å². The van der Waals surface area contributed by atoms with Crippen molar-refractivity contribution < 1.29 is 9.53 Å². The van der Waals surface area contributed by atoms with Gasteiger partial charge in [-0.25, -0.2) is 4.79 Å². The molecule has 0 saturated carbocycles. The van der Waals surface area contributed by atoms with Gasteiger partial charge in [0.2, 0.25) is 0 Å². The van der Waals surface area contributed by atoms with E-state index in [1.165, 1.54) is 11.3 Å². The van der Waals surface area contributed by atoms with Gasteiger partial charge in [0.15, 0.2) is 0 Å². The molecule has 2 heterocycles. The van der Waals surface area contributed by atoms with Crippen LogP contribution in [0.15, 0.2) is 21.3 Å². The fourth-order valence-corrected chi connectivity index (χ4v) is 3.53. The first kappa shape index (κ1) is 12.6. The van der Waals surface area contributed by atoms with Crippen molar-refractivity contribution >= 4 is 50.3 Å². The molecule has 17 heavy (non-hydrogen) atoms. The summed E-state index contributed by atoms with van der Waals surface area (Å²) >= 11 is 6.37. The normalized spacial score (nSPS) is 10.5. The maximum absolute atomic E-state index is 11.6. The molecule has 0 spiro atoms. The topological polar surface area (TPSA) is 52.3 Å². The molecule has 0 radical (unpaired) electrons. The zero-order valence-electron chi connectivity index (χ0n) is 9.03. The second kappa shape index (κ2) is 5.20. The lowest BCUT2D eigenvalue weighted by Crippen LogP contribution is -2.04. The molecule has 0 fully saturated rings. The predicted octanol–water partition coefficient (Wildman–Crippen LogP) is 4.00. The average Bonchev–Trinajstić information content (AvgIpc) is 2.85. The highest BCUT2D eigenvalue weighted by Crippen LogP contribution is 2.37. The van der Waals surface area contributed by atoms with Crippen LogP contribution in [0.1, 0.15) is 16.6 Å². The van der Waals surface area contributed by atoms with Crippen molar-refractivity contribution in [3.05, 3.63) is 26.2 Å². The fraction of sp³-hybridized carbons (Fsp3) is 0.182. The van der Waals surface area contributed by atoms with E-state index in [-0.39, 0.29) is 5.97 Å². The molecule has 2 aromatic heterocycles. The Bertz CT molecular complexity index is 547. The maximum Gasteiger partial charge on any atom is 0.350 e. The molecule has 0 aliphatic heterocycles. The Balaban J connectivity index is 2.33. The number of ether oxygens (including phenoxy) is 1. The lowest BCUT2D eigenvalue weighted by molar-refractivity contribution is 0.0533. The molecule has 0 amide bonds. The Morgan fingerprint density at radius 1 is 1.53 bits per heavy atom. The van der Waals surface area contributed by atoms with Crippen LogP contribution in [0.25, 0.3) is 10.4 Å². The van der Waals surface area contributed by atoms with Gasteiger partial charge in [0.05, 0.1) is 16.1 Å². The Morgan fingerprint density at radius 2 is 2.29 bits per heavy atom. The third kappa shape index (κ3) is 2.70. The molecule has 2 N–H and O–H groups in total. The predicted molar refractivity (Wildman–Crippen MR) is 75.7 cm³/mol. The molecule has 0 aliphatic carbocycles. The molecule has 0 saturated heterocycles. The fourth-order valence-electron chi connectivity index (χ4n) is 1.34. The van der Waals surface area contributed by atoms with E-state index in [4.69, 9.17) is 10.5 Å². The van der Waals surface area contributed by atoms with Crippen molar-refractivity contribution in [3.8, 4) is 10.4 Å². The zero-order valence-corrected chi connectivity index (χ0v) is 12.2. The number of hydrogen-bond donors (Lipinski definition) is 1. The van der Waals surface area contributed by atoms with Gasteiger partial charge in [-0.15, -0.1) is 22.7 Å². The van der Waals surface area contributed by atoms with Crippen LogP contribution in [0.5, 0.6) is 0 Å². The standard InChI is InChI=1S/C11H10BrNO2S2/c1-2-15-11(14)10-7(13)4-8(17-10)6-3-9(12)16-5-6/h3-5H,2,13H2,1H3. The summed E-state index contributed by atoms with van der Waals surface area (Å²) in [7, 11) is 0. The minimum Gasteiger partial charge on any atom is -0.462 e. The van der Waals surface area contributed by atoms with E-state index in [1.807, 2.05) is 17.5 Å². The molecule has 0 aromatic carbocycles. The van der Waals surface area contributed by atoms with Gasteiger partial charge in [0, 0.05) is 15.8 Å². The minimum absolute atomic E-state index is 0.351. The van der Waals surface area contributed by atoms with Crippen LogP contribution in [0.3, 0.4) is 0 Å². The molecule has 3 nitrogen and oxygen atoms in total. The van der Waals surface area contributed by atoms with Gasteiger partial charge in [0.1, 0.15) is 4.88 Å². The highest BCUT2D eigenvalue weighted by molar-refractivity contribution is 9.11. The Labute approximate surface area is 115 Å². The number of rotatable bonds is 3. The van der Waals surface area contributed by atoms with Crippen molar-refractivity contribution in [1.29, 1.82) is 0 Å². The maximum atomic E-state index is 11.6. The van der Waals surface area contributed by atoms with E-state index in [9.17, 15) is 4.79 Å². The number of anilines is 1. The molecule has 0 atom stereocenters. The number of esters is 1. The van der Waals surface area contributed by atoms with Crippen LogP contribution in [0.4, 0.5) is 5.69 Å². The highest BCUT2D eigenvalue weighted by Gasteiger charge is 2.16. The summed E-state index contributed by atoms with van der Waals surface area (Å²) in [5, 5.41) is 2.02. The van der Waals surface area contributed by atoms with E-state index >= 15 is 0 Å². The second-order valence-electron chi connectivity index (χ2n) is 3.26. The van der Waals surface area contributed by atoms with Crippen LogP contribution in [-0.2, 0) is 4.74 Å². The largest absolute Gasteiger partial charge is 0.462 e. The molecule has 2 rings (SSSR count). The summed E-state index contributed by atoms with van der Waals surface area (Å²) in [4.78, 5) is 13.1. The monoisotopic (exact) mass is 331 g/mol. The van der Waals surface area contributed by atoms with Gasteiger partial charge in [0.25, 0.3) is 0 Å². The van der Waals surface area contributed by atoms with Gasteiger partial charge in [-0.3, -0.25) is 0 Å². The summed E-state index contributed by atoms with van der Waals surface area (Å²) in [6, 6.07) is 3.82. The number of carbonyl (C=O) groups excluding carboxylic acids is 1. The van der Waals surface area contributed by atoms with Crippen LogP contribution >= 0.6 is 38.6 Å². The van der Waals surface area contributed by atoms with E-state index in [0.29, 0.717) is 17.2 Å². The van der Waals surface area contributed by atoms with Crippen molar-refractivity contribution in [2.24, 2.45) is 0 Å². The summed E-state index contributed by atoms with van der Waals surface area (Å²) in [5.41, 5.74) is 7.36. The smallest absolute Gasteiger partial charge is 0.350 e. The van der Waals surface area contributed by atoms with Gasteiger partial charge < -0.3 is 10.5 Å². The van der Waals surface area contributed by atoms with Crippen LogP contribution in [0, 0.1) is 0 Å². The Morgan fingerprint density at radius 3 is 2.88 bits per heavy atom. The van der Waals surface area contributed by atoms with Gasteiger partial charge in [-0.1, -0.05) is 0 Å². The van der Waals surface area contributed by atoms with Crippen LogP contribution < -0.4 is 5.73 Å². The molecule has 6 heteroatoms. The van der Waals surface area contributed by atoms with Crippen LogP contribution in [-0.4, -0.2) is 12.6 Å². The van der Waals surface area contributed by atoms with Crippen molar-refractivity contribution in [1.82, 2.24) is 0 Å². The SMILES string of the molecule is CCOC(=O)c1sc(-c2csc(Br)c2)cc1N. The Hall–Kier alpha value is -0.850. The number of hydrogen-bond acceptors (Lipinski definition) is 5. The van der Waals surface area contributed by atoms with E-state index in [2.05, 4.69) is 15.9 Å². The third-order valence-electron chi connectivity index (χ3n) is 2.07. The Kier molecular flexibility index (Phi) is 3.86. The van der Waals surface area contributed by atoms with Crippen LogP contribution in [0.2, 0.25) is 0 Å². The summed E-state index contributed by atoms with van der Waals surface area (Å²) in [6.07, 6.45) is 0.